The van der Waals surface area contributed by atoms with Gasteiger partial charge >= 0.3 is 0 Å². The van der Waals surface area contributed by atoms with Crippen molar-refractivity contribution in [1.29, 1.82) is 0 Å². The third kappa shape index (κ3) is 4.41. The fourth-order valence-electron chi connectivity index (χ4n) is 4.50. The largest absolute Gasteiger partial charge is 0.490 e. The number of rotatable bonds is 10. The zero-order valence-electron chi connectivity index (χ0n) is 20.0. The molecule has 1 amide bonds. The molecule has 0 aliphatic carbocycles. The van der Waals surface area contributed by atoms with E-state index in [0.29, 0.717) is 42.7 Å². The molecule has 7 nitrogen and oxygen atoms in total. The number of ether oxygens (including phenoxy) is 2. The Morgan fingerprint density at radius 3 is 2.63 bits per heavy atom. The number of hydrogen-bond donors (Lipinski definition) is 1. The number of aromatic nitrogens is 2. The van der Waals surface area contributed by atoms with Gasteiger partial charge in [-0.2, -0.15) is 5.10 Å². The molecule has 3 heterocycles. The second-order valence-corrected chi connectivity index (χ2v) is 8.48. The second-order valence-electron chi connectivity index (χ2n) is 8.48. The van der Waals surface area contributed by atoms with Crippen molar-refractivity contribution in [2.24, 2.45) is 0 Å². The molecule has 0 bridgehead atoms. The van der Waals surface area contributed by atoms with Crippen LogP contribution < -0.4 is 9.47 Å². The van der Waals surface area contributed by atoms with Crippen LogP contribution in [0.15, 0.2) is 71.3 Å². The molecule has 0 saturated carbocycles. The highest BCUT2D eigenvalue weighted by molar-refractivity contribution is 6.00. The molecule has 1 aliphatic rings. The third-order valence-electron chi connectivity index (χ3n) is 6.16. The number of nitrogens with one attached hydrogen (secondary N) is 1. The van der Waals surface area contributed by atoms with E-state index >= 15 is 0 Å². The van der Waals surface area contributed by atoms with Gasteiger partial charge in [0.15, 0.2) is 11.5 Å². The Kier molecular flexibility index (Phi) is 6.57. The Bertz CT molecular complexity index is 1280. The molecule has 2 aromatic heterocycles. The zero-order valence-corrected chi connectivity index (χ0v) is 20.0. The summed E-state index contributed by atoms with van der Waals surface area (Å²) in [5, 5.41) is 7.54. The number of benzene rings is 2. The average molecular weight is 472 g/mol. The number of unbranched alkanes of at least 4 members (excludes halogenated alkanes) is 1. The van der Waals surface area contributed by atoms with Crippen molar-refractivity contribution < 1.29 is 18.7 Å². The van der Waals surface area contributed by atoms with E-state index in [9.17, 15) is 4.79 Å². The van der Waals surface area contributed by atoms with E-state index in [0.717, 1.165) is 35.2 Å². The molecule has 35 heavy (non-hydrogen) atoms. The summed E-state index contributed by atoms with van der Waals surface area (Å²) >= 11 is 0. The van der Waals surface area contributed by atoms with E-state index in [2.05, 4.69) is 17.1 Å². The van der Waals surface area contributed by atoms with E-state index in [1.54, 1.807) is 6.26 Å². The number of nitrogens with zero attached hydrogens (tertiary/aromatic N) is 2. The van der Waals surface area contributed by atoms with Gasteiger partial charge in [0.25, 0.3) is 5.91 Å². The molecule has 0 fully saturated rings. The summed E-state index contributed by atoms with van der Waals surface area (Å²) < 4.78 is 17.5. The lowest BCUT2D eigenvalue weighted by Gasteiger charge is -2.26. The number of H-pyrrole nitrogens is 1. The summed E-state index contributed by atoms with van der Waals surface area (Å²) in [6.07, 6.45) is 3.65. The Morgan fingerprint density at radius 2 is 1.89 bits per heavy atom. The van der Waals surface area contributed by atoms with Crippen LogP contribution in [0.2, 0.25) is 0 Å². The second kappa shape index (κ2) is 10.1. The summed E-state index contributed by atoms with van der Waals surface area (Å²) in [6.45, 7) is 5.57. The van der Waals surface area contributed by atoms with Crippen molar-refractivity contribution >= 4 is 5.91 Å². The zero-order chi connectivity index (χ0) is 24.2. The van der Waals surface area contributed by atoms with Crippen LogP contribution in [-0.2, 0) is 6.54 Å². The Balaban J connectivity index is 1.60. The predicted molar refractivity (Wildman–Crippen MR) is 132 cm³/mol. The van der Waals surface area contributed by atoms with Crippen LogP contribution in [0.25, 0.3) is 11.3 Å². The standard InChI is InChI=1S/C28H29N3O4/c1-3-5-15-35-22-14-13-20(17-23(22)33-4-2)27-24-25(19-10-7-6-8-11-19)29-30-26(24)28(32)31(27)18-21-12-9-16-34-21/h6-14,16-17,27H,3-5,15,18H2,1-2H3,(H,29,30). The topological polar surface area (TPSA) is 80.6 Å². The van der Waals surface area contributed by atoms with Crippen molar-refractivity contribution in [2.75, 3.05) is 13.2 Å². The summed E-state index contributed by atoms with van der Waals surface area (Å²) in [5.41, 5.74) is 4.00. The number of aromatic amines is 1. The van der Waals surface area contributed by atoms with E-state index in [-0.39, 0.29) is 11.9 Å². The number of furan rings is 1. The van der Waals surface area contributed by atoms with Gasteiger partial charge < -0.3 is 18.8 Å². The van der Waals surface area contributed by atoms with Gasteiger partial charge in [0, 0.05) is 11.1 Å². The molecule has 0 spiro atoms. The molecule has 1 aliphatic heterocycles. The minimum absolute atomic E-state index is 0.114. The fourth-order valence-corrected chi connectivity index (χ4v) is 4.50. The first-order valence-corrected chi connectivity index (χ1v) is 12.1. The number of amides is 1. The van der Waals surface area contributed by atoms with Crippen LogP contribution in [0.3, 0.4) is 0 Å². The maximum atomic E-state index is 13.6. The van der Waals surface area contributed by atoms with Crippen LogP contribution in [0, 0.1) is 0 Å². The number of carbonyl (C=O) groups is 1. The van der Waals surface area contributed by atoms with Gasteiger partial charge in [-0.25, -0.2) is 0 Å². The van der Waals surface area contributed by atoms with Crippen LogP contribution >= 0.6 is 0 Å². The highest BCUT2D eigenvalue weighted by atomic mass is 16.5. The van der Waals surface area contributed by atoms with Gasteiger partial charge in [-0.1, -0.05) is 49.7 Å². The average Bonchev–Trinajstić information content (AvgIpc) is 3.60. The predicted octanol–water partition coefficient (Wildman–Crippen LogP) is 5.99. The first-order chi connectivity index (χ1) is 17.2. The molecule has 1 atom stereocenters. The van der Waals surface area contributed by atoms with Crippen LogP contribution in [0.4, 0.5) is 0 Å². The van der Waals surface area contributed by atoms with Crippen molar-refractivity contribution in [1.82, 2.24) is 15.1 Å². The minimum Gasteiger partial charge on any atom is -0.490 e. The lowest BCUT2D eigenvalue weighted by molar-refractivity contribution is 0.0716. The van der Waals surface area contributed by atoms with Crippen molar-refractivity contribution in [3.63, 3.8) is 0 Å². The lowest BCUT2D eigenvalue weighted by atomic mass is 9.95. The first kappa shape index (κ1) is 22.8. The minimum atomic E-state index is -0.361. The molecule has 4 aromatic rings. The van der Waals surface area contributed by atoms with Gasteiger partial charge in [0.2, 0.25) is 0 Å². The molecule has 0 saturated heterocycles. The van der Waals surface area contributed by atoms with Gasteiger partial charge in [-0.05, 0) is 43.2 Å². The molecule has 1 N–H and O–H groups in total. The monoisotopic (exact) mass is 471 g/mol. The van der Waals surface area contributed by atoms with Crippen LogP contribution in [0.1, 0.15) is 60.1 Å². The molecule has 180 valence electrons. The van der Waals surface area contributed by atoms with Crippen molar-refractivity contribution in [3.05, 3.63) is 89.5 Å². The SMILES string of the molecule is CCCCOc1ccc(C2c3c(-c4ccccc4)n[nH]c3C(=O)N2Cc2ccco2)cc1OCC. The molecular formula is C28H29N3O4. The van der Waals surface area contributed by atoms with E-state index in [4.69, 9.17) is 13.9 Å². The van der Waals surface area contributed by atoms with E-state index in [1.807, 2.05) is 72.5 Å². The third-order valence-corrected chi connectivity index (χ3v) is 6.16. The lowest BCUT2D eigenvalue weighted by Crippen LogP contribution is -2.29. The number of carbonyl (C=O) groups excluding carboxylic acids is 1. The molecule has 7 heteroatoms. The highest BCUT2D eigenvalue weighted by Gasteiger charge is 2.42. The Labute approximate surface area is 204 Å². The smallest absolute Gasteiger partial charge is 0.273 e. The highest BCUT2D eigenvalue weighted by Crippen LogP contribution is 2.45. The Morgan fingerprint density at radius 1 is 1.03 bits per heavy atom. The summed E-state index contributed by atoms with van der Waals surface area (Å²) in [5.74, 6) is 1.98. The molecule has 0 radical (unpaired) electrons. The molecular weight excluding hydrogens is 442 g/mol. The Hall–Kier alpha value is -4.00. The maximum absolute atomic E-state index is 13.6. The maximum Gasteiger partial charge on any atom is 0.273 e. The van der Waals surface area contributed by atoms with Gasteiger partial charge in [-0.3, -0.25) is 9.89 Å². The van der Waals surface area contributed by atoms with Gasteiger partial charge in [0.05, 0.1) is 37.8 Å². The quantitative estimate of drug-likeness (QED) is 0.287. The van der Waals surface area contributed by atoms with Crippen molar-refractivity contribution in [2.45, 2.75) is 39.3 Å². The normalized spacial score (nSPS) is 14.9. The van der Waals surface area contributed by atoms with Crippen molar-refractivity contribution in [3.8, 4) is 22.8 Å². The summed E-state index contributed by atoms with van der Waals surface area (Å²) in [7, 11) is 0. The van der Waals surface area contributed by atoms with Crippen LogP contribution in [0.5, 0.6) is 11.5 Å². The number of fused-ring (bicyclic) bond motifs is 1. The van der Waals surface area contributed by atoms with E-state index in [1.165, 1.54) is 0 Å². The van der Waals surface area contributed by atoms with Gasteiger partial charge in [-0.15, -0.1) is 0 Å². The summed E-state index contributed by atoms with van der Waals surface area (Å²) in [4.78, 5) is 15.4. The van der Waals surface area contributed by atoms with Crippen LogP contribution in [-0.4, -0.2) is 34.2 Å². The van der Waals surface area contributed by atoms with E-state index < -0.39 is 0 Å². The molecule has 1 unspecified atom stereocenters. The van der Waals surface area contributed by atoms with Gasteiger partial charge in [0.1, 0.15) is 11.5 Å². The molecule has 2 aromatic carbocycles. The first-order valence-electron chi connectivity index (χ1n) is 12.1. The number of hydrogen-bond acceptors (Lipinski definition) is 5. The fraction of sp³-hybridized carbons (Fsp3) is 0.286. The summed E-state index contributed by atoms with van der Waals surface area (Å²) in [6, 6.07) is 19.2. The molecule has 5 rings (SSSR count).